The van der Waals surface area contributed by atoms with Crippen molar-refractivity contribution in [1.82, 2.24) is 4.98 Å². The SMILES string of the molecule is CC(C)(C)Cc1cc2c3c(nccc3c1)-c1cc3ccccc3[c]([Ge]([CH3])([CH3])[CH3])c1O2. The van der Waals surface area contributed by atoms with Gasteiger partial charge >= 0.3 is 182 Å². The van der Waals surface area contributed by atoms with Crippen molar-refractivity contribution < 1.29 is 4.74 Å². The van der Waals surface area contributed by atoms with Crippen LogP contribution in [0.2, 0.25) is 17.3 Å². The van der Waals surface area contributed by atoms with E-state index in [-0.39, 0.29) is 5.41 Å². The molecule has 0 aliphatic carbocycles. The molecule has 1 aromatic heterocycles. The molecule has 4 aromatic rings. The maximum absolute atomic E-state index is 6.78. The van der Waals surface area contributed by atoms with E-state index in [0.717, 1.165) is 34.6 Å². The molecule has 0 unspecified atom stereocenters. The van der Waals surface area contributed by atoms with Crippen LogP contribution in [0.25, 0.3) is 32.8 Å². The Bertz CT molecular complexity index is 1310. The zero-order chi connectivity index (χ0) is 21.3. The summed E-state index contributed by atoms with van der Waals surface area (Å²) in [7, 11) is 0. The zero-order valence-electron chi connectivity index (χ0n) is 18.8. The first-order chi connectivity index (χ1) is 14.1. The molecule has 5 rings (SSSR count). The predicted octanol–water partition coefficient (Wildman–Crippen LogP) is 7.29. The van der Waals surface area contributed by atoms with E-state index in [1.165, 1.54) is 26.1 Å². The molecule has 1 aliphatic heterocycles. The van der Waals surface area contributed by atoms with Crippen molar-refractivity contribution in [2.24, 2.45) is 5.41 Å². The normalized spacial score (nSPS) is 13.4. The summed E-state index contributed by atoms with van der Waals surface area (Å²) in [5.41, 5.74) is 3.76. The van der Waals surface area contributed by atoms with E-state index < -0.39 is 13.3 Å². The molecule has 2 heterocycles. The number of hydrogen-bond donors (Lipinski definition) is 0. The molecule has 2 nitrogen and oxygen atoms in total. The number of ether oxygens (including phenoxy) is 1. The van der Waals surface area contributed by atoms with Crippen LogP contribution in [0.3, 0.4) is 0 Å². The number of fused-ring (bicyclic) bond motifs is 3. The van der Waals surface area contributed by atoms with E-state index in [9.17, 15) is 0 Å². The summed E-state index contributed by atoms with van der Waals surface area (Å²) in [6, 6.07) is 17.7. The fraction of sp³-hybridized carbons (Fsp3) is 0.296. The summed E-state index contributed by atoms with van der Waals surface area (Å²) in [6.45, 7) is 6.86. The second-order valence-corrected chi connectivity index (χ2v) is 21.3. The molecular formula is C27H29GeNO. The summed E-state index contributed by atoms with van der Waals surface area (Å²) >= 11 is -2.26. The van der Waals surface area contributed by atoms with E-state index >= 15 is 0 Å². The van der Waals surface area contributed by atoms with E-state index in [2.05, 4.69) is 86.6 Å². The summed E-state index contributed by atoms with van der Waals surface area (Å²) in [5, 5.41) is 4.98. The Labute approximate surface area is 181 Å². The quantitative estimate of drug-likeness (QED) is 0.260. The molecule has 152 valence electrons. The predicted molar refractivity (Wildman–Crippen MR) is 131 cm³/mol. The molecule has 1 aliphatic rings. The van der Waals surface area contributed by atoms with Crippen molar-refractivity contribution in [2.75, 3.05) is 0 Å². The van der Waals surface area contributed by atoms with Gasteiger partial charge < -0.3 is 0 Å². The summed E-state index contributed by atoms with van der Waals surface area (Å²) < 4.78 is 8.22. The molecular weight excluding hydrogens is 427 g/mol. The van der Waals surface area contributed by atoms with Gasteiger partial charge in [-0.3, -0.25) is 0 Å². The average Bonchev–Trinajstić information content (AvgIpc) is 2.64. The first-order valence-corrected chi connectivity index (χ1v) is 18.1. The second kappa shape index (κ2) is 6.58. The molecule has 0 bridgehead atoms. The Balaban J connectivity index is 1.85. The van der Waals surface area contributed by atoms with Gasteiger partial charge in [-0.1, -0.05) is 0 Å². The molecule has 0 radical (unpaired) electrons. The number of hydrogen-bond acceptors (Lipinski definition) is 2. The zero-order valence-corrected chi connectivity index (χ0v) is 20.9. The van der Waals surface area contributed by atoms with Gasteiger partial charge in [-0.25, -0.2) is 0 Å². The summed E-state index contributed by atoms with van der Waals surface area (Å²) in [6.07, 6.45) is 2.97. The van der Waals surface area contributed by atoms with Gasteiger partial charge in [0, 0.05) is 0 Å². The molecule has 0 amide bonds. The topological polar surface area (TPSA) is 22.1 Å². The van der Waals surface area contributed by atoms with E-state index in [1.54, 1.807) is 0 Å². The molecule has 0 spiro atoms. The number of aromatic nitrogens is 1. The van der Waals surface area contributed by atoms with Crippen molar-refractivity contribution in [2.45, 2.75) is 44.5 Å². The van der Waals surface area contributed by atoms with Crippen molar-refractivity contribution in [1.29, 1.82) is 0 Å². The Morgan fingerprint density at radius 3 is 2.43 bits per heavy atom. The minimum atomic E-state index is -2.26. The van der Waals surface area contributed by atoms with Crippen molar-refractivity contribution in [3.8, 4) is 22.8 Å². The fourth-order valence-electron chi connectivity index (χ4n) is 4.80. The van der Waals surface area contributed by atoms with E-state index in [1.807, 2.05) is 6.20 Å². The monoisotopic (exact) mass is 457 g/mol. The van der Waals surface area contributed by atoms with Gasteiger partial charge in [0.05, 0.1) is 0 Å². The van der Waals surface area contributed by atoms with Crippen molar-refractivity contribution in [3.05, 3.63) is 60.3 Å². The molecule has 0 fully saturated rings. The number of rotatable bonds is 2. The van der Waals surface area contributed by atoms with Gasteiger partial charge in [-0.05, 0) is 0 Å². The Kier molecular flexibility index (Phi) is 4.31. The Hall–Kier alpha value is -2.33. The first-order valence-electron chi connectivity index (χ1n) is 10.8. The molecule has 30 heavy (non-hydrogen) atoms. The van der Waals surface area contributed by atoms with Crippen LogP contribution in [0, 0.1) is 5.41 Å². The van der Waals surface area contributed by atoms with Crippen molar-refractivity contribution >= 4 is 39.2 Å². The van der Waals surface area contributed by atoms with E-state index in [4.69, 9.17) is 9.72 Å². The van der Waals surface area contributed by atoms with Crippen LogP contribution in [0.4, 0.5) is 0 Å². The van der Waals surface area contributed by atoms with Crippen molar-refractivity contribution in [3.63, 3.8) is 0 Å². The molecule has 0 atom stereocenters. The van der Waals surface area contributed by atoms with Crippen LogP contribution in [-0.4, -0.2) is 18.3 Å². The molecule has 3 aromatic carbocycles. The average molecular weight is 456 g/mol. The van der Waals surface area contributed by atoms with Gasteiger partial charge in [0.15, 0.2) is 0 Å². The third kappa shape index (κ3) is 3.22. The van der Waals surface area contributed by atoms with Gasteiger partial charge in [-0.15, -0.1) is 0 Å². The standard InChI is InChI=1S/C27H29GeNO/c1-27(2,3)16-17-13-19-11-12-29-25-21-15-18-9-7-8-10-20(18)24(28(4,5)6)26(21)30-22(14-17)23(19)25/h7-15H,16H2,1-6H3. The summed E-state index contributed by atoms with van der Waals surface area (Å²) in [5.74, 6) is 9.35. The van der Waals surface area contributed by atoms with Gasteiger partial charge in [0.2, 0.25) is 0 Å². The first kappa shape index (κ1) is 19.6. The summed E-state index contributed by atoms with van der Waals surface area (Å²) in [4.78, 5) is 4.85. The Morgan fingerprint density at radius 1 is 0.933 bits per heavy atom. The maximum atomic E-state index is 6.78. The van der Waals surface area contributed by atoms with Gasteiger partial charge in [-0.2, -0.15) is 0 Å². The molecule has 0 saturated carbocycles. The van der Waals surface area contributed by atoms with Crippen LogP contribution in [0.5, 0.6) is 11.5 Å². The van der Waals surface area contributed by atoms with Crippen LogP contribution >= 0.6 is 0 Å². The van der Waals surface area contributed by atoms with Crippen LogP contribution in [0.15, 0.2) is 54.7 Å². The van der Waals surface area contributed by atoms with Crippen LogP contribution < -0.4 is 9.13 Å². The Morgan fingerprint density at radius 2 is 1.70 bits per heavy atom. The molecule has 0 saturated heterocycles. The van der Waals surface area contributed by atoms with Crippen LogP contribution in [0.1, 0.15) is 26.3 Å². The van der Waals surface area contributed by atoms with E-state index in [0.29, 0.717) is 0 Å². The minimum absolute atomic E-state index is 0.227. The number of pyridine rings is 1. The number of nitrogens with zero attached hydrogens (tertiary/aromatic N) is 1. The van der Waals surface area contributed by atoms with Crippen LogP contribution in [-0.2, 0) is 6.42 Å². The fourth-order valence-corrected chi connectivity index (χ4v) is 8.79. The molecule has 3 heteroatoms. The van der Waals surface area contributed by atoms with Gasteiger partial charge in [0.25, 0.3) is 0 Å². The van der Waals surface area contributed by atoms with Gasteiger partial charge in [0.1, 0.15) is 0 Å². The third-order valence-corrected chi connectivity index (χ3v) is 10.0. The number of benzene rings is 3. The third-order valence-electron chi connectivity index (χ3n) is 5.84. The second-order valence-electron chi connectivity index (χ2n) is 10.8. The molecule has 0 N–H and O–H groups in total.